The second kappa shape index (κ2) is 7.91. The Kier molecular flexibility index (Phi) is 5.13. The van der Waals surface area contributed by atoms with E-state index in [9.17, 15) is 9.65 Å². The molecule has 0 radical (unpaired) electrons. The third-order valence-electron chi connectivity index (χ3n) is 4.96. The molecule has 2 N–H and O–H groups in total. The SMILES string of the molecule is COc1cc(-c2[nH]c3c(C#N)cnn3c2Nc2ccc(F)c(C)c2)cc(OC)c1OC. The first-order chi connectivity index (χ1) is 15.0. The molecule has 0 unspecified atom stereocenters. The fourth-order valence-electron chi connectivity index (χ4n) is 3.41. The summed E-state index contributed by atoms with van der Waals surface area (Å²) in [6.07, 6.45) is 1.48. The summed E-state index contributed by atoms with van der Waals surface area (Å²) in [6.45, 7) is 1.69. The van der Waals surface area contributed by atoms with Crippen LogP contribution in [0.15, 0.2) is 36.5 Å². The van der Waals surface area contributed by atoms with Crippen LogP contribution in [-0.2, 0) is 0 Å². The fourth-order valence-corrected chi connectivity index (χ4v) is 3.41. The smallest absolute Gasteiger partial charge is 0.203 e. The Morgan fingerprint density at radius 1 is 1.10 bits per heavy atom. The van der Waals surface area contributed by atoms with E-state index in [-0.39, 0.29) is 5.82 Å². The van der Waals surface area contributed by atoms with Crippen molar-refractivity contribution in [2.75, 3.05) is 26.6 Å². The Morgan fingerprint density at radius 2 is 1.81 bits per heavy atom. The lowest BCUT2D eigenvalue weighted by molar-refractivity contribution is 0.324. The number of anilines is 2. The quantitative estimate of drug-likeness (QED) is 0.478. The number of methoxy groups -OCH3 is 3. The van der Waals surface area contributed by atoms with Crippen LogP contribution in [0.2, 0.25) is 0 Å². The van der Waals surface area contributed by atoms with E-state index in [0.29, 0.717) is 56.8 Å². The average Bonchev–Trinajstić information content (AvgIpc) is 3.34. The molecule has 0 spiro atoms. The van der Waals surface area contributed by atoms with Crippen molar-refractivity contribution in [3.05, 3.63) is 53.5 Å². The van der Waals surface area contributed by atoms with Gasteiger partial charge in [-0.1, -0.05) is 0 Å². The summed E-state index contributed by atoms with van der Waals surface area (Å²) in [6, 6.07) is 10.4. The van der Waals surface area contributed by atoms with Crippen molar-refractivity contribution in [1.29, 1.82) is 5.26 Å². The molecule has 158 valence electrons. The van der Waals surface area contributed by atoms with Gasteiger partial charge in [-0.3, -0.25) is 0 Å². The summed E-state index contributed by atoms with van der Waals surface area (Å²) in [7, 11) is 4.61. The number of nitriles is 1. The molecule has 2 aromatic heterocycles. The summed E-state index contributed by atoms with van der Waals surface area (Å²) >= 11 is 0. The Morgan fingerprint density at radius 3 is 2.39 bits per heavy atom. The predicted molar refractivity (Wildman–Crippen MR) is 114 cm³/mol. The van der Waals surface area contributed by atoms with Crippen molar-refractivity contribution in [2.24, 2.45) is 0 Å². The number of hydrogen-bond donors (Lipinski definition) is 2. The zero-order valence-electron chi connectivity index (χ0n) is 17.4. The van der Waals surface area contributed by atoms with E-state index in [2.05, 4.69) is 21.5 Å². The molecule has 4 rings (SSSR count). The number of ether oxygens (including phenoxy) is 3. The molecule has 0 saturated heterocycles. The number of imidazole rings is 1. The first-order valence-corrected chi connectivity index (χ1v) is 9.34. The summed E-state index contributed by atoms with van der Waals surface area (Å²) < 4.78 is 31.7. The van der Waals surface area contributed by atoms with E-state index in [1.54, 1.807) is 35.7 Å². The average molecular weight is 421 g/mol. The molecule has 2 heterocycles. The van der Waals surface area contributed by atoms with Gasteiger partial charge in [0, 0.05) is 11.3 Å². The van der Waals surface area contributed by atoms with Crippen molar-refractivity contribution in [2.45, 2.75) is 6.92 Å². The maximum atomic E-state index is 13.7. The summed E-state index contributed by atoms with van der Waals surface area (Å²) in [5.74, 6) is 1.70. The lowest BCUT2D eigenvalue weighted by Gasteiger charge is -2.15. The second-order valence-corrected chi connectivity index (χ2v) is 6.78. The normalized spacial score (nSPS) is 10.7. The van der Waals surface area contributed by atoms with Crippen LogP contribution in [0.1, 0.15) is 11.1 Å². The second-order valence-electron chi connectivity index (χ2n) is 6.78. The maximum Gasteiger partial charge on any atom is 0.203 e. The number of benzene rings is 2. The van der Waals surface area contributed by atoms with Crippen LogP contribution in [0.3, 0.4) is 0 Å². The van der Waals surface area contributed by atoms with Crippen molar-refractivity contribution in [3.63, 3.8) is 0 Å². The highest BCUT2D eigenvalue weighted by Gasteiger charge is 2.21. The number of rotatable bonds is 6. The van der Waals surface area contributed by atoms with Crippen LogP contribution in [0.5, 0.6) is 17.2 Å². The molecule has 0 aliphatic heterocycles. The van der Waals surface area contributed by atoms with Gasteiger partial charge in [0.25, 0.3) is 0 Å². The summed E-state index contributed by atoms with van der Waals surface area (Å²) in [5, 5.41) is 17.1. The van der Waals surface area contributed by atoms with E-state index in [0.717, 1.165) is 0 Å². The van der Waals surface area contributed by atoms with Crippen molar-refractivity contribution >= 4 is 17.2 Å². The lowest BCUT2D eigenvalue weighted by atomic mass is 10.1. The number of aryl methyl sites for hydroxylation is 1. The van der Waals surface area contributed by atoms with Crippen molar-refractivity contribution in [3.8, 4) is 34.6 Å². The molecule has 0 saturated carbocycles. The lowest BCUT2D eigenvalue weighted by Crippen LogP contribution is -2.00. The van der Waals surface area contributed by atoms with Crippen LogP contribution < -0.4 is 19.5 Å². The Bertz CT molecular complexity index is 1290. The van der Waals surface area contributed by atoms with Crippen LogP contribution in [0.25, 0.3) is 16.9 Å². The number of aromatic amines is 1. The van der Waals surface area contributed by atoms with Gasteiger partial charge in [-0.25, -0.2) is 4.39 Å². The molecule has 2 aromatic carbocycles. The van der Waals surface area contributed by atoms with E-state index in [1.807, 2.05) is 0 Å². The molecule has 31 heavy (non-hydrogen) atoms. The highest BCUT2D eigenvalue weighted by molar-refractivity contribution is 5.83. The van der Waals surface area contributed by atoms with Crippen molar-refractivity contribution in [1.82, 2.24) is 14.6 Å². The zero-order valence-corrected chi connectivity index (χ0v) is 17.4. The molecule has 0 amide bonds. The van der Waals surface area contributed by atoms with Gasteiger partial charge < -0.3 is 24.5 Å². The molecule has 0 aliphatic carbocycles. The van der Waals surface area contributed by atoms with Gasteiger partial charge in [-0.05, 0) is 42.8 Å². The number of aromatic nitrogens is 3. The van der Waals surface area contributed by atoms with Crippen LogP contribution in [-0.4, -0.2) is 35.9 Å². The summed E-state index contributed by atoms with van der Waals surface area (Å²) in [5.41, 5.74) is 3.43. The molecular formula is C22H20FN5O3. The minimum atomic E-state index is -0.291. The predicted octanol–water partition coefficient (Wildman–Crippen LogP) is 4.42. The van der Waals surface area contributed by atoms with E-state index < -0.39 is 0 Å². The largest absolute Gasteiger partial charge is 0.493 e. The minimum absolute atomic E-state index is 0.291. The zero-order chi connectivity index (χ0) is 22.1. The highest BCUT2D eigenvalue weighted by Crippen LogP contribution is 2.43. The minimum Gasteiger partial charge on any atom is -0.493 e. The third-order valence-corrected chi connectivity index (χ3v) is 4.96. The number of H-pyrrole nitrogens is 1. The van der Waals surface area contributed by atoms with Crippen LogP contribution in [0, 0.1) is 24.1 Å². The molecule has 0 fully saturated rings. The number of halogens is 1. The van der Waals surface area contributed by atoms with Gasteiger partial charge in [0.15, 0.2) is 23.0 Å². The Hall–Kier alpha value is -4.19. The van der Waals surface area contributed by atoms with Gasteiger partial charge in [0.2, 0.25) is 5.75 Å². The van der Waals surface area contributed by atoms with Crippen LogP contribution >= 0.6 is 0 Å². The monoisotopic (exact) mass is 421 g/mol. The van der Waals surface area contributed by atoms with Crippen LogP contribution in [0.4, 0.5) is 15.9 Å². The molecule has 0 bridgehead atoms. The van der Waals surface area contributed by atoms with Gasteiger partial charge in [-0.2, -0.15) is 14.9 Å². The molecule has 9 heteroatoms. The Balaban J connectivity index is 1.94. The number of hydrogen-bond acceptors (Lipinski definition) is 6. The molecule has 4 aromatic rings. The molecule has 0 atom stereocenters. The van der Waals surface area contributed by atoms with Gasteiger partial charge in [-0.15, -0.1) is 0 Å². The highest BCUT2D eigenvalue weighted by atomic mass is 19.1. The van der Waals surface area contributed by atoms with E-state index in [1.165, 1.54) is 33.6 Å². The molecular weight excluding hydrogens is 401 g/mol. The van der Waals surface area contributed by atoms with Gasteiger partial charge in [0.05, 0.1) is 33.2 Å². The molecule has 0 aliphatic rings. The van der Waals surface area contributed by atoms with E-state index in [4.69, 9.17) is 14.2 Å². The topological polar surface area (TPSA) is 96.6 Å². The first kappa shape index (κ1) is 20.1. The number of fused-ring (bicyclic) bond motifs is 1. The summed E-state index contributed by atoms with van der Waals surface area (Å²) in [4.78, 5) is 3.26. The number of nitrogens with one attached hydrogen (secondary N) is 2. The first-order valence-electron chi connectivity index (χ1n) is 9.34. The van der Waals surface area contributed by atoms with Crippen molar-refractivity contribution < 1.29 is 18.6 Å². The fraction of sp³-hybridized carbons (Fsp3) is 0.182. The Labute approximate surface area is 177 Å². The van der Waals surface area contributed by atoms with Gasteiger partial charge >= 0.3 is 0 Å². The molecule has 8 nitrogen and oxygen atoms in total. The number of nitrogens with zero attached hydrogens (tertiary/aromatic N) is 3. The maximum absolute atomic E-state index is 13.7. The third kappa shape index (κ3) is 3.38. The standard InChI is InChI=1S/C22H20FN5O3/c1-12-7-15(5-6-16(12)23)26-22-19(27-21-14(10-24)11-25-28(21)22)13-8-17(29-2)20(31-4)18(9-13)30-3/h5-9,11,26-27H,1-4H3. The van der Waals surface area contributed by atoms with E-state index >= 15 is 0 Å². The van der Waals surface area contributed by atoms with Gasteiger partial charge in [0.1, 0.15) is 17.4 Å².